The topological polar surface area (TPSA) is 97.9 Å². The number of aromatic amines is 1. The Labute approximate surface area is 145 Å². The maximum absolute atomic E-state index is 12.5. The van der Waals surface area contributed by atoms with Gasteiger partial charge in [-0.05, 0) is 37.4 Å². The number of carbonyl (C=O) groups excluding carboxylic acids is 1. The molecule has 0 spiro atoms. The molecule has 4 aromatic heterocycles. The van der Waals surface area contributed by atoms with Gasteiger partial charge in [0.25, 0.3) is 11.5 Å². The van der Waals surface area contributed by atoms with Crippen LogP contribution >= 0.6 is 11.3 Å². The van der Waals surface area contributed by atoms with Gasteiger partial charge in [0.1, 0.15) is 11.2 Å². The fourth-order valence-electron chi connectivity index (χ4n) is 2.71. The van der Waals surface area contributed by atoms with Crippen molar-refractivity contribution in [1.29, 1.82) is 0 Å². The van der Waals surface area contributed by atoms with E-state index < -0.39 is 0 Å². The predicted molar refractivity (Wildman–Crippen MR) is 93.0 cm³/mol. The number of carbonyl (C=O) groups is 1. The Morgan fingerprint density at radius 2 is 2.12 bits per heavy atom. The molecule has 126 valence electrons. The van der Waals surface area contributed by atoms with Crippen LogP contribution in [0, 0.1) is 13.8 Å². The first-order valence-electron chi connectivity index (χ1n) is 7.60. The summed E-state index contributed by atoms with van der Waals surface area (Å²) in [7, 11) is 0. The van der Waals surface area contributed by atoms with Crippen LogP contribution < -0.4 is 5.56 Å². The van der Waals surface area contributed by atoms with Crippen molar-refractivity contribution in [3.63, 3.8) is 0 Å². The number of H-pyrrole nitrogens is 1. The van der Waals surface area contributed by atoms with Gasteiger partial charge in [-0.15, -0.1) is 11.3 Å². The molecule has 0 aliphatic rings. The lowest BCUT2D eigenvalue weighted by atomic mass is 10.3. The number of aromatic nitrogens is 6. The Morgan fingerprint density at radius 1 is 1.28 bits per heavy atom. The highest BCUT2D eigenvalue weighted by Gasteiger charge is 2.17. The third kappa shape index (κ3) is 2.68. The Balaban J connectivity index is 1.77. The third-order valence-corrected chi connectivity index (χ3v) is 4.69. The zero-order valence-electron chi connectivity index (χ0n) is 13.6. The second-order valence-corrected chi connectivity index (χ2v) is 6.63. The summed E-state index contributed by atoms with van der Waals surface area (Å²) >= 11 is 1.53. The molecular weight excluding hydrogens is 340 g/mol. The van der Waals surface area contributed by atoms with E-state index in [4.69, 9.17) is 0 Å². The van der Waals surface area contributed by atoms with E-state index in [0.717, 1.165) is 16.3 Å². The van der Waals surface area contributed by atoms with E-state index in [-0.39, 0.29) is 17.9 Å². The lowest BCUT2D eigenvalue weighted by Gasteiger charge is -2.04. The van der Waals surface area contributed by atoms with Crippen molar-refractivity contribution in [2.75, 3.05) is 0 Å². The number of fused-ring (bicyclic) bond motifs is 1. The van der Waals surface area contributed by atoms with Crippen LogP contribution in [0.5, 0.6) is 0 Å². The summed E-state index contributed by atoms with van der Waals surface area (Å²) in [4.78, 5) is 25.5. The molecular formula is C16H14N6O2S. The molecule has 0 aliphatic carbocycles. The fourth-order valence-corrected chi connectivity index (χ4v) is 3.39. The normalized spacial score (nSPS) is 11.3. The number of thiophene rings is 1. The molecule has 0 bridgehead atoms. The summed E-state index contributed by atoms with van der Waals surface area (Å²) in [6, 6.07) is 7.37. The van der Waals surface area contributed by atoms with Gasteiger partial charge in [-0.2, -0.15) is 15.3 Å². The second-order valence-electron chi connectivity index (χ2n) is 5.68. The molecule has 8 nitrogen and oxygen atoms in total. The van der Waals surface area contributed by atoms with Crippen LogP contribution in [0.15, 0.2) is 34.4 Å². The molecule has 0 radical (unpaired) electrons. The molecule has 0 amide bonds. The molecule has 4 heterocycles. The number of nitrogens with one attached hydrogen (secondary N) is 1. The number of rotatable bonds is 3. The van der Waals surface area contributed by atoms with E-state index in [1.54, 1.807) is 6.07 Å². The highest BCUT2D eigenvalue weighted by Crippen LogP contribution is 2.23. The van der Waals surface area contributed by atoms with Crippen LogP contribution in [0.3, 0.4) is 0 Å². The highest BCUT2D eigenvalue weighted by atomic mass is 32.1. The summed E-state index contributed by atoms with van der Waals surface area (Å²) in [5.41, 5.74) is 2.20. The van der Waals surface area contributed by atoms with Crippen molar-refractivity contribution in [2.24, 2.45) is 0 Å². The van der Waals surface area contributed by atoms with Gasteiger partial charge in [0.2, 0.25) is 0 Å². The van der Waals surface area contributed by atoms with E-state index in [9.17, 15) is 9.59 Å². The minimum Gasteiger partial charge on any atom is -0.272 e. The van der Waals surface area contributed by atoms with Crippen molar-refractivity contribution in [1.82, 2.24) is 29.6 Å². The van der Waals surface area contributed by atoms with E-state index in [0.29, 0.717) is 17.0 Å². The molecule has 4 aromatic rings. The maximum Gasteiger partial charge on any atom is 0.290 e. The van der Waals surface area contributed by atoms with Crippen molar-refractivity contribution in [3.05, 3.63) is 57.2 Å². The molecule has 0 saturated carbocycles. The number of aryl methyl sites for hydroxylation is 2. The van der Waals surface area contributed by atoms with Crippen molar-refractivity contribution >= 4 is 22.8 Å². The first-order chi connectivity index (χ1) is 12.0. The van der Waals surface area contributed by atoms with Gasteiger partial charge in [-0.25, -0.2) is 14.3 Å². The fraction of sp³-hybridized carbons (Fsp3) is 0.188. The average Bonchev–Trinajstić information content (AvgIpc) is 3.29. The highest BCUT2D eigenvalue weighted by molar-refractivity contribution is 7.13. The molecule has 0 unspecified atom stereocenters. The smallest absolute Gasteiger partial charge is 0.272 e. The molecule has 0 aliphatic heterocycles. The number of nitrogens with zero attached hydrogens (tertiary/aromatic N) is 5. The summed E-state index contributed by atoms with van der Waals surface area (Å²) in [5, 5.41) is 17.0. The Kier molecular flexibility index (Phi) is 3.57. The van der Waals surface area contributed by atoms with Crippen LogP contribution in [-0.2, 0) is 6.42 Å². The van der Waals surface area contributed by atoms with Gasteiger partial charge in [0.15, 0.2) is 5.82 Å². The molecule has 4 rings (SSSR count). The quantitative estimate of drug-likeness (QED) is 0.605. The first kappa shape index (κ1) is 15.5. The lowest BCUT2D eigenvalue weighted by molar-refractivity contribution is 0.0892. The van der Waals surface area contributed by atoms with E-state index >= 15 is 0 Å². The SMILES string of the molecule is Cc1cc(C)n(C(=O)Cc2n[nH]c(=O)c3cc(-c4cccs4)nn23)n1. The van der Waals surface area contributed by atoms with Gasteiger partial charge >= 0.3 is 0 Å². The zero-order chi connectivity index (χ0) is 17.6. The Bertz CT molecular complexity index is 1140. The molecule has 25 heavy (non-hydrogen) atoms. The van der Waals surface area contributed by atoms with Gasteiger partial charge in [-0.3, -0.25) is 9.59 Å². The summed E-state index contributed by atoms with van der Waals surface area (Å²) in [6.45, 7) is 3.64. The Hall–Kier alpha value is -3.07. The monoisotopic (exact) mass is 354 g/mol. The molecule has 1 N–H and O–H groups in total. The maximum atomic E-state index is 12.5. The lowest BCUT2D eigenvalue weighted by Crippen LogP contribution is -2.22. The van der Waals surface area contributed by atoms with Crippen molar-refractivity contribution in [2.45, 2.75) is 20.3 Å². The van der Waals surface area contributed by atoms with E-state index in [2.05, 4.69) is 20.4 Å². The average molecular weight is 354 g/mol. The van der Waals surface area contributed by atoms with E-state index in [1.807, 2.05) is 37.4 Å². The first-order valence-corrected chi connectivity index (χ1v) is 8.48. The van der Waals surface area contributed by atoms with Gasteiger partial charge in [0, 0.05) is 5.69 Å². The molecule has 0 saturated heterocycles. The molecule has 0 atom stereocenters. The number of hydrogen-bond acceptors (Lipinski definition) is 6. The van der Waals surface area contributed by atoms with Crippen LogP contribution in [0.2, 0.25) is 0 Å². The standard InChI is InChI=1S/C16H14N6O2S/c1-9-6-10(2)21(19-9)15(23)8-14-17-18-16(24)12-7-11(20-22(12)14)13-4-3-5-25-13/h3-7H,8H2,1-2H3,(H,18,24). The minimum atomic E-state index is -0.349. The molecule has 0 fully saturated rings. The summed E-state index contributed by atoms with van der Waals surface area (Å²) < 4.78 is 2.77. The van der Waals surface area contributed by atoms with Gasteiger partial charge in [0.05, 0.1) is 17.0 Å². The summed E-state index contributed by atoms with van der Waals surface area (Å²) in [5.74, 6) is 0.120. The third-order valence-electron chi connectivity index (χ3n) is 3.80. The van der Waals surface area contributed by atoms with Crippen molar-refractivity contribution in [3.8, 4) is 10.6 Å². The van der Waals surface area contributed by atoms with E-state index in [1.165, 1.54) is 20.5 Å². The zero-order valence-corrected chi connectivity index (χ0v) is 14.4. The minimum absolute atomic E-state index is 0.0270. The Morgan fingerprint density at radius 3 is 2.80 bits per heavy atom. The molecule has 0 aromatic carbocycles. The van der Waals surface area contributed by atoms with Crippen LogP contribution in [0.25, 0.3) is 16.1 Å². The van der Waals surface area contributed by atoms with Crippen LogP contribution in [0.1, 0.15) is 22.0 Å². The molecule has 9 heteroatoms. The second kappa shape index (κ2) is 5.78. The van der Waals surface area contributed by atoms with Gasteiger partial charge in [-0.1, -0.05) is 6.07 Å². The van der Waals surface area contributed by atoms with Crippen LogP contribution in [0.4, 0.5) is 0 Å². The summed E-state index contributed by atoms with van der Waals surface area (Å²) in [6.07, 6.45) is -0.0270. The van der Waals surface area contributed by atoms with Gasteiger partial charge < -0.3 is 0 Å². The predicted octanol–water partition coefficient (Wildman–Crippen LogP) is 1.84. The number of hydrogen-bond donors (Lipinski definition) is 1. The van der Waals surface area contributed by atoms with Crippen molar-refractivity contribution < 1.29 is 4.79 Å². The van der Waals surface area contributed by atoms with Crippen LogP contribution in [-0.4, -0.2) is 35.5 Å². The largest absolute Gasteiger partial charge is 0.290 e.